The molecule has 1 aliphatic heterocycles. The molecular formula is C25H29N5S. The van der Waals surface area contributed by atoms with E-state index >= 15 is 0 Å². The molecule has 1 fully saturated rings. The monoisotopic (exact) mass is 431 g/mol. The Balaban J connectivity index is 1.52. The average molecular weight is 432 g/mol. The van der Waals surface area contributed by atoms with Crippen molar-refractivity contribution >= 4 is 39.5 Å². The van der Waals surface area contributed by atoms with Crippen LogP contribution in [-0.4, -0.2) is 38.8 Å². The van der Waals surface area contributed by atoms with Crippen LogP contribution in [-0.2, 0) is 13.1 Å². The fourth-order valence-corrected chi connectivity index (χ4v) is 5.27. The molecule has 0 bridgehead atoms. The van der Waals surface area contributed by atoms with Gasteiger partial charge >= 0.3 is 0 Å². The Morgan fingerprint density at radius 2 is 1.81 bits per heavy atom. The summed E-state index contributed by atoms with van der Waals surface area (Å²) in [5.74, 6) is 0.496. The summed E-state index contributed by atoms with van der Waals surface area (Å²) in [7, 11) is 0. The maximum Gasteiger partial charge on any atom is 0.169 e. The van der Waals surface area contributed by atoms with Gasteiger partial charge in [-0.25, -0.2) is 9.97 Å². The lowest BCUT2D eigenvalue weighted by Gasteiger charge is -2.27. The van der Waals surface area contributed by atoms with Crippen LogP contribution in [0.25, 0.3) is 21.9 Å². The maximum atomic E-state index is 6.28. The Bertz CT molecular complexity index is 1240. The Kier molecular flexibility index (Phi) is 5.59. The number of aromatic nitrogens is 3. The highest BCUT2D eigenvalue weighted by Gasteiger charge is 2.18. The van der Waals surface area contributed by atoms with E-state index in [1.54, 1.807) is 11.8 Å². The smallest absolute Gasteiger partial charge is 0.169 e. The minimum absolute atomic E-state index is 0.496. The van der Waals surface area contributed by atoms with Crippen LogP contribution in [0.15, 0.2) is 47.6 Å². The minimum atomic E-state index is 0.496. The molecule has 0 aliphatic carbocycles. The molecule has 160 valence electrons. The van der Waals surface area contributed by atoms with Crippen LogP contribution in [0.3, 0.4) is 0 Å². The summed E-state index contributed by atoms with van der Waals surface area (Å²) in [6, 6.07) is 15.1. The molecular weight excluding hydrogens is 402 g/mol. The summed E-state index contributed by atoms with van der Waals surface area (Å²) in [4.78, 5) is 12.0. The number of likely N-dealkylation sites (tertiary alicyclic amines) is 1. The molecule has 1 aliphatic rings. The molecule has 5 nitrogen and oxygen atoms in total. The SMILES string of the molecule is CSc1nc2c(N)nc3ccccc3c2n1Cc1ccc(CN2CCCCC2)c(C)c1. The van der Waals surface area contributed by atoms with E-state index in [4.69, 9.17) is 10.7 Å². The number of imidazole rings is 1. The van der Waals surface area contributed by atoms with Crippen molar-refractivity contribution in [3.05, 3.63) is 59.2 Å². The van der Waals surface area contributed by atoms with Gasteiger partial charge in [-0.05, 0) is 61.9 Å². The normalized spacial score (nSPS) is 15.2. The fraction of sp³-hybridized carbons (Fsp3) is 0.360. The van der Waals surface area contributed by atoms with E-state index in [2.05, 4.69) is 58.0 Å². The van der Waals surface area contributed by atoms with Crippen LogP contribution in [0.4, 0.5) is 5.82 Å². The van der Waals surface area contributed by atoms with Crippen LogP contribution in [0.5, 0.6) is 0 Å². The zero-order valence-electron chi connectivity index (χ0n) is 18.3. The topological polar surface area (TPSA) is 60.0 Å². The van der Waals surface area contributed by atoms with Crippen molar-refractivity contribution in [1.29, 1.82) is 0 Å². The lowest BCUT2D eigenvalue weighted by Crippen LogP contribution is -2.29. The van der Waals surface area contributed by atoms with Crippen molar-refractivity contribution in [2.45, 2.75) is 44.4 Å². The first-order chi connectivity index (χ1) is 15.1. The standard InChI is InChI=1S/C25H29N5S/c1-17-14-18(10-11-19(17)16-29-12-6-3-7-13-29)15-30-23-20-8-4-5-9-21(20)27-24(26)22(23)28-25(30)31-2/h4-5,8-11,14H,3,6-7,12-13,15-16H2,1-2H3,(H2,26,27). The Hall–Kier alpha value is -2.57. The Labute approximate surface area is 187 Å². The third-order valence-electron chi connectivity index (χ3n) is 6.35. The van der Waals surface area contributed by atoms with Gasteiger partial charge in [0.1, 0.15) is 5.52 Å². The van der Waals surface area contributed by atoms with Crippen LogP contribution in [0, 0.1) is 6.92 Å². The number of fused-ring (bicyclic) bond motifs is 3. The third kappa shape index (κ3) is 3.90. The zero-order chi connectivity index (χ0) is 21.4. The molecule has 2 aromatic carbocycles. The molecule has 31 heavy (non-hydrogen) atoms. The van der Waals surface area contributed by atoms with Crippen molar-refractivity contribution in [2.75, 3.05) is 25.1 Å². The van der Waals surface area contributed by atoms with E-state index in [0.717, 1.165) is 40.2 Å². The number of hydrogen-bond donors (Lipinski definition) is 1. The second kappa shape index (κ2) is 8.52. The number of rotatable bonds is 5. The van der Waals surface area contributed by atoms with Gasteiger partial charge in [0.2, 0.25) is 0 Å². The quantitative estimate of drug-likeness (QED) is 0.438. The van der Waals surface area contributed by atoms with E-state index in [-0.39, 0.29) is 0 Å². The molecule has 0 atom stereocenters. The number of para-hydroxylation sites is 1. The van der Waals surface area contributed by atoms with Crippen molar-refractivity contribution in [2.24, 2.45) is 0 Å². The van der Waals surface area contributed by atoms with Gasteiger partial charge in [0.15, 0.2) is 11.0 Å². The number of nitrogens with two attached hydrogens (primary N) is 1. The van der Waals surface area contributed by atoms with E-state index in [1.165, 1.54) is 49.0 Å². The number of pyridine rings is 1. The van der Waals surface area contributed by atoms with E-state index in [0.29, 0.717) is 5.82 Å². The number of benzene rings is 2. The molecule has 3 heterocycles. The zero-order valence-corrected chi connectivity index (χ0v) is 19.1. The van der Waals surface area contributed by atoms with Gasteiger partial charge in [-0.1, -0.05) is 54.6 Å². The van der Waals surface area contributed by atoms with Gasteiger partial charge in [0.25, 0.3) is 0 Å². The highest BCUT2D eigenvalue weighted by molar-refractivity contribution is 7.98. The molecule has 6 heteroatoms. The highest BCUT2D eigenvalue weighted by Crippen LogP contribution is 2.32. The van der Waals surface area contributed by atoms with Gasteiger partial charge in [-0.2, -0.15) is 0 Å². The van der Waals surface area contributed by atoms with Crippen LogP contribution in [0.1, 0.15) is 36.0 Å². The lowest BCUT2D eigenvalue weighted by molar-refractivity contribution is 0.220. The summed E-state index contributed by atoms with van der Waals surface area (Å²) in [5, 5.41) is 2.06. The summed E-state index contributed by atoms with van der Waals surface area (Å²) in [5.41, 5.74) is 13.1. The highest BCUT2D eigenvalue weighted by atomic mass is 32.2. The molecule has 0 radical (unpaired) electrons. The predicted octanol–water partition coefficient (Wildman–Crippen LogP) is 5.23. The Morgan fingerprint density at radius 1 is 1.00 bits per heavy atom. The van der Waals surface area contributed by atoms with Crippen LogP contribution < -0.4 is 5.73 Å². The summed E-state index contributed by atoms with van der Waals surface area (Å²) >= 11 is 1.65. The average Bonchev–Trinajstić information content (AvgIpc) is 3.16. The van der Waals surface area contributed by atoms with Gasteiger partial charge in [0.05, 0.1) is 17.6 Å². The van der Waals surface area contributed by atoms with Gasteiger partial charge in [-0.15, -0.1) is 0 Å². The number of aryl methyl sites for hydroxylation is 1. The minimum Gasteiger partial charge on any atom is -0.382 e. The van der Waals surface area contributed by atoms with Crippen LogP contribution in [0.2, 0.25) is 0 Å². The maximum absolute atomic E-state index is 6.28. The van der Waals surface area contributed by atoms with E-state index in [9.17, 15) is 0 Å². The second-order valence-electron chi connectivity index (χ2n) is 8.49. The first-order valence-corrected chi connectivity index (χ1v) is 12.3. The van der Waals surface area contributed by atoms with Gasteiger partial charge in [-0.3, -0.25) is 4.90 Å². The summed E-state index contributed by atoms with van der Waals surface area (Å²) < 4.78 is 2.29. The molecule has 4 aromatic rings. The number of nitrogens with zero attached hydrogens (tertiary/aromatic N) is 4. The van der Waals surface area contributed by atoms with Gasteiger partial charge in [0, 0.05) is 11.9 Å². The lowest BCUT2D eigenvalue weighted by atomic mass is 10.0. The molecule has 0 unspecified atom stereocenters. The fourth-order valence-electron chi connectivity index (χ4n) is 4.72. The summed E-state index contributed by atoms with van der Waals surface area (Å²) in [6.45, 7) is 6.51. The first kappa shape index (κ1) is 20.3. The third-order valence-corrected chi connectivity index (χ3v) is 7.02. The van der Waals surface area contributed by atoms with Crippen LogP contribution >= 0.6 is 11.8 Å². The molecule has 2 N–H and O–H groups in total. The number of nitrogen functional groups attached to an aromatic ring is 1. The molecule has 0 amide bonds. The van der Waals surface area contributed by atoms with Crippen molar-refractivity contribution in [1.82, 2.24) is 19.4 Å². The van der Waals surface area contributed by atoms with Crippen molar-refractivity contribution in [3.8, 4) is 0 Å². The number of piperidine rings is 1. The molecule has 0 spiro atoms. The number of thioether (sulfide) groups is 1. The first-order valence-electron chi connectivity index (χ1n) is 11.0. The molecule has 0 saturated carbocycles. The van der Waals surface area contributed by atoms with E-state index in [1.807, 2.05) is 12.1 Å². The Morgan fingerprint density at radius 3 is 2.58 bits per heavy atom. The molecule has 2 aromatic heterocycles. The second-order valence-corrected chi connectivity index (χ2v) is 9.27. The number of hydrogen-bond acceptors (Lipinski definition) is 5. The predicted molar refractivity (Wildman–Crippen MR) is 131 cm³/mol. The molecule has 1 saturated heterocycles. The molecule has 5 rings (SSSR count). The van der Waals surface area contributed by atoms with E-state index < -0.39 is 0 Å². The van der Waals surface area contributed by atoms with Crippen molar-refractivity contribution in [3.63, 3.8) is 0 Å². The largest absolute Gasteiger partial charge is 0.382 e. The van der Waals surface area contributed by atoms with Gasteiger partial charge < -0.3 is 10.3 Å². The number of anilines is 1. The van der Waals surface area contributed by atoms with Crippen molar-refractivity contribution < 1.29 is 0 Å². The summed E-state index contributed by atoms with van der Waals surface area (Å²) in [6.07, 6.45) is 6.10.